The summed E-state index contributed by atoms with van der Waals surface area (Å²) in [6.45, 7) is 0. The molecule has 12 heavy (non-hydrogen) atoms. The Morgan fingerprint density at radius 2 is 2.33 bits per heavy atom. The van der Waals surface area contributed by atoms with Crippen LogP contribution in [-0.2, 0) is 7.05 Å². The van der Waals surface area contributed by atoms with Gasteiger partial charge in [0.2, 0.25) is 0 Å². The first-order chi connectivity index (χ1) is 5.81. The molecule has 1 aromatic carbocycles. The Balaban J connectivity index is 2.80. The number of nitrogens with zero attached hydrogens (tertiary/aromatic N) is 4. The molecule has 2 aromatic rings. The monoisotopic (exact) mass is 158 g/mol. The van der Waals surface area contributed by atoms with Crippen molar-refractivity contribution in [2.45, 2.75) is 0 Å². The number of benzene rings is 1. The zero-order chi connectivity index (χ0) is 8.55. The van der Waals surface area contributed by atoms with Gasteiger partial charge in [-0.2, -0.15) is 5.26 Å². The van der Waals surface area contributed by atoms with Crippen molar-refractivity contribution in [3.63, 3.8) is 0 Å². The molecule has 4 heteroatoms. The van der Waals surface area contributed by atoms with Crippen LogP contribution in [0, 0.1) is 11.3 Å². The Morgan fingerprint density at radius 3 is 3.08 bits per heavy atom. The third kappa shape index (κ3) is 0.839. The largest absolute Gasteiger partial charge is 0.248 e. The molecule has 0 atom stereocenters. The zero-order valence-corrected chi connectivity index (χ0v) is 6.52. The number of aryl methyl sites for hydroxylation is 1. The maximum atomic E-state index is 8.60. The lowest BCUT2D eigenvalue weighted by molar-refractivity contribution is 0.736. The van der Waals surface area contributed by atoms with Gasteiger partial charge in [0, 0.05) is 7.05 Å². The fraction of sp³-hybridized carbons (Fsp3) is 0.125. The van der Waals surface area contributed by atoms with Crippen molar-refractivity contribution in [1.29, 1.82) is 5.26 Å². The lowest BCUT2D eigenvalue weighted by atomic mass is 10.2. The highest BCUT2D eigenvalue weighted by Gasteiger charge is 2.00. The summed E-state index contributed by atoms with van der Waals surface area (Å²) in [7, 11) is 1.82. The average Bonchev–Trinajstić information content (AvgIpc) is 2.47. The van der Waals surface area contributed by atoms with Crippen LogP contribution in [0.4, 0.5) is 0 Å². The minimum absolute atomic E-state index is 0.614. The van der Waals surface area contributed by atoms with E-state index in [1.807, 2.05) is 13.1 Å². The van der Waals surface area contributed by atoms with E-state index in [4.69, 9.17) is 5.26 Å². The third-order valence-electron chi connectivity index (χ3n) is 1.74. The minimum atomic E-state index is 0.614. The van der Waals surface area contributed by atoms with Gasteiger partial charge in [-0.1, -0.05) is 5.21 Å². The zero-order valence-electron chi connectivity index (χ0n) is 6.52. The second-order valence-corrected chi connectivity index (χ2v) is 2.53. The Morgan fingerprint density at radius 1 is 1.50 bits per heavy atom. The van der Waals surface area contributed by atoms with Gasteiger partial charge in [-0.25, -0.2) is 4.68 Å². The molecule has 4 nitrogen and oxygen atoms in total. The predicted molar refractivity (Wildman–Crippen MR) is 43.2 cm³/mol. The first kappa shape index (κ1) is 6.80. The molecule has 58 valence electrons. The molecule has 0 unspecified atom stereocenters. The van der Waals surface area contributed by atoms with E-state index in [-0.39, 0.29) is 0 Å². The van der Waals surface area contributed by atoms with Gasteiger partial charge < -0.3 is 0 Å². The lowest BCUT2D eigenvalue weighted by Gasteiger charge is -1.90. The predicted octanol–water partition coefficient (Wildman–Crippen LogP) is 0.840. The Labute approximate surface area is 69.0 Å². The van der Waals surface area contributed by atoms with E-state index in [2.05, 4.69) is 16.4 Å². The average molecular weight is 158 g/mol. The van der Waals surface area contributed by atoms with Gasteiger partial charge in [0.25, 0.3) is 0 Å². The van der Waals surface area contributed by atoms with Crippen molar-refractivity contribution in [3.05, 3.63) is 23.8 Å². The molecular formula is C8H6N4. The fourth-order valence-electron chi connectivity index (χ4n) is 1.11. The van der Waals surface area contributed by atoms with Crippen molar-refractivity contribution < 1.29 is 0 Å². The summed E-state index contributed by atoms with van der Waals surface area (Å²) in [5.74, 6) is 0. The molecule has 2 rings (SSSR count). The molecule has 0 amide bonds. The summed E-state index contributed by atoms with van der Waals surface area (Å²) in [4.78, 5) is 0. The second kappa shape index (κ2) is 2.31. The van der Waals surface area contributed by atoms with Gasteiger partial charge in [0.15, 0.2) is 0 Å². The number of fused-ring (bicyclic) bond motifs is 1. The number of aromatic nitrogens is 3. The highest BCUT2D eigenvalue weighted by Crippen LogP contribution is 2.11. The molecule has 0 aliphatic carbocycles. The summed E-state index contributed by atoms with van der Waals surface area (Å²) < 4.78 is 1.68. The van der Waals surface area contributed by atoms with Crippen LogP contribution in [0.5, 0.6) is 0 Å². The molecule has 0 fully saturated rings. The highest BCUT2D eigenvalue weighted by molar-refractivity contribution is 5.75. The molecular weight excluding hydrogens is 152 g/mol. The van der Waals surface area contributed by atoms with Gasteiger partial charge in [-0.05, 0) is 18.2 Å². The van der Waals surface area contributed by atoms with Crippen molar-refractivity contribution in [3.8, 4) is 6.07 Å². The molecule has 0 aliphatic rings. The van der Waals surface area contributed by atoms with Crippen LogP contribution < -0.4 is 0 Å². The molecule has 0 saturated heterocycles. The Kier molecular flexibility index (Phi) is 1.31. The maximum absolute atomic E-state index is 8.60. The van der Waals surface area contributed by atoms with Crippen molar-refractivity contribution in [1.82, 2.24) is 15.0 Å². The van der Waals surface area contributed by atoms with Crippen molar-refractivity contribution >= 4 is 11.0 Å². The van der Waals surface area contributed by atoms with Crippen LogP contribution in [0.15, 0.2) is 18.2 Å². The molecule has 0 spiro atoms. The molecule has 0 N–H and O–H groups in total. The van der Waals surface area contributed by atoms with Gasteiger partial charge in [0.1, 0.15) is 5.52 Å². The topological polar surface area (TPSA) is 54.5 Å². The number of hydrogen-bond acceptors (Lipinski definition) is 3. The van der Waals surface area contributed by atoms with Gasteiger partial charge in [-0.15, -0.1) is 5.10 Å². The van der Waals surface area contributed by atoms with E-state index in [9.17, 15) is 0 Å². The van der Waals surface area contributed by atoms with Crippen LogP contribution in [0.25, 0.3) is 11.0 Å². The van der Waals surface area contributed by atoms with Crippen LogP contribution in [0.3, 0.4) is 0 Å². The molecule has 0 saturated carbocycles. The van der Waals surface area contributed by atoms with E-state index >= 15 is 0 Å². The highest BCUT2D eigenvalue weighted by atomic mass is 15.4. The van der Waals surface area contributed by atoms with Crippen molar-refractivity contribution in [2.24, 2.45) is 7.05 Å². The SMILES string of the molecule is Cn1nnc2cc(C#N)ccc21. The second-order valence-electron chi connectivity index (χ2n) is 2.53. The third-order valence-corrected chi connectivity index (χ3v) is 1.74. The number of nitriles is 1. The van der Waals surface area contributed by atoms with E-state index in [0.29, 0.717) is 5.56 Å². The fourth-order valence-corrected chi connectivity index (χ4v) is 1.11. The molecule has 0 radical (unpaired) electrons. The van der Waals surface area contributed by atoms with Crippen LogP contribution >= 0.6 is 0 Å². The first-order valence-electron chi connectivity index (χ1n) is 3.51. The smallest absolute Gasteiger partial charge is 0.114 e. The van der Waals surface area contributed by atoms with E-state index in [1.165, 1.54) is 0 Å². The summed E-state index contributed by atoms with van der Waals surface area (Å²) in [5.41, 5.74) is 2.31. The summed E-state index contributed by atoms with van der Waals surface area (Å²) >= 11 is 0. The molecule has 0 aliphatic heterocycles. The quantitative estimate of drug-likeness (QED) is 0.570. The van der Waals surface area contributed by atoms with Crippen LogP contribution in [0.2, 0.25) is 0 Å². The standard InChI is InChI=1S/C8H6N4/c1-12-8-3-2-6(5-9)4-7(8)10-11-12/h2-4H,1H3. The Bertz CT molecular complexity index is 463. The van der Waals surface area contributed by atoms with Crippen LogP contribution in [0.1, 0.15) is 5.56 Å². The van der Waals surface area contributed by atoms with Crippen LogP contribution in [-0.4, -0.2) is 15.0 Å². The summed E-state index contributed by atoms with van der Waals surface area (Å²) in [5, 5.41) is 16.3. The van der Waals surface area contributed by atoms with Crippen molar-refractivity contribution in [2.75, 3.05) is 0 Å². The van der Waals surface area contributed by atoms with E-state index in [1.54, 1.807) is 16.8 Å². The van der Waals surface area contributed by atoms with Gasteiger partial charge in [0.05, 0.1) is 17.1 Å². The van der Waals surface area contributed by atoms with Gasteiger partial charge in [-0.3, -0.25) is 0 Å². The summed E-state index contributed by atoms with van der Waals surface area (Å²) in [6.07, 6.45) is 0. The first-order valence-corrected chi connectivity index (χ1v) is 3.51. The molecule has 1 aromatic heterocycles. The normalized spacial score (nSPS) is 10.0. The number of rotatable bonds is 0. The lowest BCUT2D eigenvalue weighted by Crippen LogP contribution is -1.88. The maximum Gasteiger partial charge on any atom is 0.114 e. The molecule has 1 heterocycles. The molecule has 0 bridgehead atoms. The van der Waals surface area contributed by atoms with E-state index < -0.39 is 0 Å². The van der Waals surface area contributed by atoms with E-state index in [0.717, 1.165) is 11.0 Å². The van der Waals surface area contributed by atoms with Gasteiger partial charge >= 0.3 is 0 Å². The summed E-state index contributed by atoms with van der Waals surface area (Å²) in [6, 6.07) is 7.37. The Hall–Kier alpha value is -1.89. The number of hydrogen-bond donors (Lipinski definition) is 0. The minimum Gasteiger partial charge on any atom is -0.248 e.